The molecule has 3 heteroatoms. The molecule has 0 amide bonds. The van der Waals surface area contributed by atoms with E-state index in [0.29, 0.717) is 18.0 Å². The molecule has 0 aliphatic rings. The van der Waals surface area contributed by atoms with E-state index in [1.807, 2.05) is 19.6 Å². The molecule has 0 radical (unpaired) electrons. The van der Waals surface area contributed by atoms with Crippen LogP contribution in [0.15, 0.2) is 12.5 Å². The highest BCUT2D eigenvalue weighted by atomic mass is 15.1. The first kappa shape index (κ1) is 11.2. The highest BCUT2D eigenvalue weighted by molar-refractivity contribution is 5.06. The summed E-state index contributed by atoms with van der Waals surface area (Å²) < 4.78 is 2.08. The van der Waals surface area contributed by atoms with Gasteiger partial charge in [-0.25, -0.2) is 4.98 Å². The maximum Gasteiger partial charge on any atom is 0.0946 e. The highest BCUT2D eigenvalue weighted by Crippen LogP contribution is 2.21. The van der Waals surface area contributed by atoms with Crippen molar-refractivity contribution in [2.45, 2.75) is 39.8 Å². The predicted octanol–water partition coefficient (Wildman–Crippen LogP) is 2.12. The molecule has 1 unspecified atom stereocenters. The topological polar surface area (TPSA) is 29.9 Å². The van der Waals surface area contributed by atoms with Crippen LogP contribution < -0.4 is 5.32 Å². The van der Waals surface area contributed by atoms with Crippen LogP contribution in [-0.4, -0.2) is 15.6 Å². The lowest BCUT2D eigenvalue weighted by Crippen LogP contribution is -2.32. The van der Waals surface area contributed by atoms with Crippen molar-refractivity contribution in [1.82, 2.24) is 14.9 Å². The fourth-order valence-corrected chi connectivity index (χ4v) is 1.65. The van der Waals surface area contributed by atoms with Crippen LogP contribution in [0.1, 0.15) is 39.4 Å². The van der Waals surface area contributed by atoms with E-state index in [-0.39, 0.29) is 0 Å². The van der Waals surface area contributed by atoms with E-state index in [1.165, 1.54) is 5.69 Å². The smallest absolute Gasteiger partial charge is 0.0946 e. The summed E-state index contributed by atoms with van der Waals surface area (Å²) in [4.78, 5) is 4.16. The Hall–Kier alpha value is -0.830. The van der Waals surface area contributed by atoms with Crippen molar-refractivity contribution < 1.29 is 0 Å². The molecule has 0 fully saturated rings. The summed E-state index contributed by atoms with van der Waals surface area (Å²) in [5.74, 6) is 0.577. The van der Waals surface area contributed by atoms with E-state index in [9.17, 15) is 0 Å². The summed E-state index contributed by atoms with van der Waals surface area (Å²) >= 11 is 0. The Morgan fingerprint density at radius 1 is 1.29 bits per heavy atom. The Labute approximate surface area is 86.5 Å². The number of hydrogen-bond acceptors (Lipinski definition) is 2. The number of aryl methyl sites for hydroxylation is 1. The molecule has 0 aromatic carbocycles. The van der Waals surface area contributed by atoms with Crippen molar-refractivity contribution in [1.29, 1.82) is 0 Å². The monoisotopic (exact) mass is 195 g/mol. The SMILES string of the molecule is CC(C)NC(c1cncn1C)C(C)C. The first-order chi connectivity index (χ1) is 6.52. The second kappa shape index (κ2) is 4.60. The van der Waals surface area contributed by atoms with E-state index in [1.54, 1.807) is 0 Å². The van der Waals surface area contributed by atoms with Crippen LogP contribution in [0.2, 0.25) is 0 Å². The van der Waals surface area contributed by atoms with Crippen LogP contribution in [0.3, 0.4) is 0 Å². The van der Waals surface area contributed by atoms with Crippen molar-refractivity contribution >= 4 is 0 Å². The van der Waals surface area contributed by atoms with Crippen molar-refractivity contribution in [2.24, 2.45) is 13.0 Å². The van der Waals surface area contributed by atoms with E-state index in [4.69, 9.17) is 0 Å². The number of imidazole rings is 1. The molecule has 80 valence electrons. The number of nitrogens with one attached hydrogen (secondary N) is 1. The third-order valence-electron chi connectivity index (χ3n) is 2.35. The van der Waals surface area contributed by atoms with Crippen LogP contribution in [0.4, 0.5) is 0 Å². The molecule has 1 rings (SSSR count). The van der Waals surface area contributed by atoms with Gasteiger partial charge in [0.05, 0.1) is 18.1 Å². The number of rotatable bonds is 4. The minimum Gasteiger partial charge on any atom is -0.336 e. The summed E-state index contributed by atoms with van der Waals surface area (Å²) in [5.41, 5.74) is 1.26. The molecule has 0 spiro atoms. The van der Waals surface area contributed by atoms with Gasteiger partial charge in [-0.2, -0.15) is 0 Å². The van der Waals surface area contributed by atoms with Crippen LogP contribution >= 0.6 is 0 Å². The van der Waals surface area contributed by atoms with Gasteiger partial charge in [0.25, 0.3) is 0 Å². The summed E-state index contributed by atoms with van der Waals surface area (Å²) in [5, 5.41) is 3.56. The fourth-order valence-electron chi connectivity index (χ4n) is 1.65. The maximum atomic E-state index is 4.16. The average Bonchev–Trinajstić information content (AvgIpc) is 2.46. The molecule has 1 aromatic heterocycles. The van der Waals surface area contributed by atoms with E-state index < -0.39 is 0 Å². The maximum absolute atomic E-state index is 4.16. The van der Waals surface area contributed by atoms with Gasteiger partial charge in [-0.05, 0) is 5.92 Å². The van der Waals surface area contributed by atoms with Gasteiger partial charge in [-0.15, -0.1) is 0 Å². The molecule has 1 heterocycles. The molecule has 0 saturated heterocycles. The number of hydrogen-bond donors (Lipinski definition) is 1. The third-order valence-corrected chi connectivity index (χ3v) is 2.35. The lowest BCUT2D eigenvalue weighted by molar-refractivity contribution is 0.367. The zero-order chi connectivity index (χ0) is 10.7. The Kier molecular flexibility index (Phi) is 3.69. The predicted molar refractivity (Wildman–Crippen MR) is 59.1 cm³/mol. The van der Waals surface area contributed by atoms with Crippen LogP contribution in [0.25, 0.3) is 0 Å². The van der Waals surface area contributed by atoms with E-state index >= 15 is 0 Å². The van der Waals surface area contributed by atoms with Gasteiger partial charge in [0.15, 0.2) is 0 Å². The highest BCUT2D eigenvalue weighted by Gasteiger charge is 2.18. The zero-order valence-corrected chi connectivity index (χ0v) is 9.78. The lowest BCUT2D eigenvalue weighted by atomic mass is 10.0. The van der Waals surface area contributed by atoms with Gasteiger partial charge in [-0.3, -0.25) is 0 Å². The number of nitrogens with zero attached hydrogens (tertiary/aromatic N) is 2. The molecule has 0 saturated carbocycles. The molecule has 1 atom stereocenters. The molecular formula is C11H21N3. The first-order valence-corrected chi connectivity index (χ1v) is 5.24. The van der Waals surface area contributed by atoms with E-state index in [0.717, 1.165) is 0 Å². The molecule has 3 nitrogen and oxygen atoms in total. The Morgan fingerprint density at radius 3 is 2.29 bits per heavy atom. The van der Waals surface area contributed by atoms with Crippen molar-refractivity contribution in [3.05, 3.63) is 18.2 Å². The van der Waals surface area contributed by atoms with Crippen molar-refractivity contribution in [3.8, 4) is 0 Å². The molecule has 0 aliphatic carbocycles. The summed E-state index contributed by atoms with van der Waals surface area (Å²) in [7, 11) is 2.04. The molecule has 1 aromatic rings. The van der Waals surface area contributed by atoms with Crippen LogP contribution in [-0.2, 0) is 7.05 Å². The fraction of sp³-hybridized carbons (Fsp3) is 0.727. The minimum atomic E-state index is 0.391. The lowest BCUT2D eigenvalue weighted by Gasteiger charge is -2.25. The molecule has 14 heavy (non-hydrogen) atoms. The minimum absolute atomic E-state index is 0.391. The van der Waals surface area contributed by atoms with Crippen molar-refractivity contribution in [2.75, 3.05) is 0 Å². The summed E-state index contributed by atoms with van der Waals surface area (Å²) in [6.07, 6.45) is 3.80. The summed E-state index contributed by atoms with van der Waals surface area (Å²) in [6, 6.07) is 0.889. The standard InChI is InChI=1S/C11H21N3/c1-8(2)11(13-9(3)4)10-6-12-7-14(10)5/h6-9,11,13H,1-5H3. The Bertz CT molecular complexity index is 276. The molecule has 0 bridgehead atoms. The number of aromatic nitrogens is 2. The third kappa shape index (κ3) is 2.58. The second-order valence-electron chi connectivity index (χ2n) is 4.47. The largest absolute Gasteiger partial charge is 0.336 e. The van der Waals surface area contributed by atoms with E-state index in [2.05, 4.69) is 42.6 Å². The van der Waals surface area contributed by atoms with Crippen molar-refractivity contribution in [3.63, 3.8) is 0 Å². The Morgan fingerprint density at radius 2 is 1.93 bits per heavy atom. The molecule has 0 aliphatic heterocycles. The van der Waals surface area contributed by atoms with Gasteiger partial charge in [-0.1, -0.05) is 27.7 Å². The Balaban J connectivity index is 2.83. The van der Waals surface area contributed by atoms with Gasteiger partial charge in [0.1, 0.15) is 0 Å². The van der Waals surface area contributed by atoms with Gasteiger partial charge in [0, 0.05) is 19.3 Å². The van der Waals surface area contributed by atoms with Crippen LogP contribution in [0, 0.1) is 5.92 Å². The quantitative estimate of drug-likeness (QED) is 0.797. The average molecular weight is 195 g/mol. The van der Waals surface area contributed by atoms with Gasteiger partial charge < -0.3 is 9.88 Å². The zero-order valence-electron chi connectivity index (χ0n) is 9.78. The normalized spacial score (nSPS) is 13.9. The molecular weight excluding hydrogens is 174 g/mol. The second-order valence-corrected chi connectivity index (χ2v) is 4.47. The van der Waals surface area contributed by atoms with Crippen LogP contribution in [0.5, 0.6) is 0 Å². The summed E-state index contributed by atoms with van der Waals surface area (Å²) in [6.45, 7) is 8.80. The first-order valence-electron chi connectivity index (χ1n) is 5.24. The van der Waals surface area contributed by atoms with Gasteiger partial charge in [0.2, 0.25) is 0 Å². The molecule has 1 N–H and O–H groups in total. The van der Waals surface area contributed by atoms with Gasteiger partial charge >= 0.3 is 0 Å².